The Kier molecular flexibility index (Phi) is 6.59. The second-order valence-electron chi connectivity index (χ2n) is 4.54. The third kappa shape index (κ3) is 4.79. The molecule has 0 bridgehead atoms. The van der Waals surface area contributed by atoms with Crippen LogP contribution in [0.25, 0.3) is 0 Å². The van der Waals surface area contributed by atoms with Gasteiger partial charge in [0, 0.05) is 0 Å². The molecule has 0 atom stereocenters. The van der Waals surface area contributed by atoms with E-state index in [0.717, 1.165) is 0 Å². The third-order valence-electron chi connectivity index (χ3n) is 2.47. The van der Waals surface area contributed by atoms with Crippen LogP contribution in [0.15, 0.2) is 0 Å². The zero-order valence-corrected chi connectivity index (χ0v) is 13.2. The topological polar surface area (TPSA) is 52.6 Å². The molecule has 0 aliphatic rings. The van der Waals surface area contributed by atoms with E-state index in [4.69, 9.17) is 0 Å². The van der Waals surface area contributed by atoms with E-state index in [0.29, 0.717) is 0 Å². The third-order valence-corrected chi connectivity index (χ3v) is 5.31. The summed E-state index contributed by atoms with van der Waals surface area (Å²) in [5.74, 6) is -25.0. The zero-order chi connectivity index (χ0) is 24.1. The Morgan fingerprint density at radius 3 is 1.00 bits per heavy atom. The highest BCUT2D eigenvalue weighted by Gasteiger charge is 2.95. The van der Waals surface area contributed by atoms with Gasteiger partial charge in [-0.25, -0.2) is 9.59 Å². The van der Waals surface area contributed by atoms with Crippen LogP contribution < -0.4 is 0 Å². The van der Waals surface area contributed by atoms with Gasteiger partial charge >= 0.3 is 56.3 Å². The van der Waals surface area contributed by atoms with Crippen LogP contribution in [0.5, 0.6) is 0 Å². The fourth-order valence-electron chi connectivity index (χ4n) is 1.20. The maximum atomic E-state index is 13.6. The summed E-state index contributed by atoms with van der Waals surface area (Å²) in [5.41, 5.74) is -8.15. The molecule has 0 aliphatic heterocycles. The molecule has 0 radical (unpaired) electrons. The number of carbonyl (C=O) groups excluding carboxylic acids is 2. The van der Waals surface area contributed by atoms with Gasteiger partial charge < -0.3 is 8.85 Å². The number of halogens is 16. The largest absolute Gasteiger partial charge is 0.657 e. The van der Waals surface area contributed by atoms with E-state index in [1.807, 2.05) is 8.85 Å². The zero-order valence-electron chi connectivity index (χ0n) is 12.2. The molecule has 0 unspecified atom stereocenters. The molecule has 0 amide bonds. The lowest BCUT2D eigenvalue weighted by Crippen LogP contribution is -2.77. The van der Waals surface area contributed by atoms with Crippen molar-refractivity contribution in [1.82, 2.24) is 0 Å². The average molecular weight is 492 g/mol. The van der Waals surface area contributed by atoms with Crippen molar-refractivity contribution in [3.8, 4) is 0 Å². The first kappa shape index (κ1) is 27.0. The Bertz CT molecular complexity index is 611. The SMILES string of the molecule is O=C(O[Si](OC(=O)C(F)(F)F)(C(F)(F)F)C(F)(F)C(F)(F)C(F)(F)F)C(F)(F)F. The normalized spacial score (nSPS) is 15.2. The second-order valence-corrected chi connectivity index (χ2v) is 7.37. The van der Waals surface area contributed by atoms with Gasteiger partial charge in [-0.2, -0.15) is 70.2 Å². The van der Waals surface area contributed by atoms with E-state index in [1.165, 1.54) is 0 Å². The quantitative estimate of drug-likeness (QED) is 0.438. The van der Waals surface area contributed by atoms with Crippen LogP contribution in [0.3, 0.4) is 0 Å². The monoisotopic (exact) mass is 492 g/mol. The minimum absolute atomic E-state index is 1.96. The minimum atomic E-state index is -9.76. The van der Waals surface area contributed by atoms with Crippen molar-refractivity contribution in [1.29, 1.82) is 0 Å². The lowest BCUT2D eigenvalue weighted by molar-refractivity contribution is -0.345. The number of rotatable bonds is 4. The smallest absolute Gasteiger partial charge is 0.470 e. The van der Waals surface area contributed by atoms with E-state index in [2.05, 4.69) is 0 Å². The van der Waals surface area contributed by atoms with Crippen LogP contribution in [0, 0.1) is 0 Å². The number of hydrogen-bond donors (Lipinski definition) is 0. The minimum Gasteiger partial charge on any atom is -0.470 e. The lowest BCUT2D eigenvalue weighted by Gasteiger charge is -2.39. The summed E-state index contributed by atoms with van der Waals surface area (Å²) in [6, 6.07) is 0. The second kappa shape index (κ2) is 7.07. The Balaban J connectivity index is 7.08. The van der Waals surface area contributed by atoms with Gasteiger partial charge in [0.25, 0.3) is 0 Å². The number of alkyl halides is 16. The maximum Gasteiger partial charge on any atom is 0.657 e. The summed E-state index contributed by atoms with van der Waals surface area (Å²) < 4.78 is 204. The molecule has 0 aromatic rings. The van der Waals surface area contributed by atoms with Crippen LogP contribution in [-0.4, -0.2) is 56.3 Å². The predicted octanol–water partition coefficient (Wildman–Crippen LogP) is 4.11. The van der Waals surface area contributed by atoms with Crippen molar-refractivity contribution in [2.45, 2.75) is 35.8 Å². The highest BCUT2D eigenvalue weighted by Crippen LogP contribution is 2.55. The van der Waals surface area contributed by atoms with Crippen LogP contribution in [0.1, 0.15) is 0 Å². The summed E-state index contributed by atoms with van der Waals surface area (Å²) in [7, 11) is -9.76. The summed E-state index contributed by atoms with van der Waals surface area (Å²) in [4.78, 5) is 20.9. The standard InChI is InChI=1S/C8F16O4Si/c9-3(10,11)1(25)27-29(8(22,23)24,28-2(26)4(12,13)14)7(20,21)5(15,16)6(17,18)19. The molecule has 21 heteroatoms. The fraction of sp³-hybridized carbons (Fsp3) is 0.750. The molecule has 0 N–H and O–H groups in total. The maximum absolute atomic E-state index is 13.6. The number of hydrogen-bond acceptors (Lipinski definition) is 4. The molecule has 29 heavy (non-hydrogen) atoms. The van der Waals surface area contributed by atoms with Crippen LogP contribution >= 0.6 is 0 Å². The number of carbonyl (C=O) groups is 2. The predicted molar refractivity (Wildman–Crippen MR) is 52.1 cm³/mol. The van der Waals surface area contributed by atoms with E-state index >= 15 is 0 Å². The first-order valence-electron chi connectivity index (χ1n) is 5.75. The van der Waals surface area contributed by atoms with Crippen LogP contribution in [-0.2, 0) is 18.4 Å². The molecular weight excluding hydrogens is 492 g/mol. The molecule has 172 valence electrons. The molecule has 0 aliphatic carbocycles. The Labute approximate surface area is 146 Å². The Morgan fingerprint density at radius 1 is 0.552 bits per heavy atom. The Morgan fingerprint density at radius 2 is 0.828 bits per heavy atom. The van der Waals surface area contributed by atoms with Gasteiger partial charge in [-0.1, -0.05) is 0 Å². The van der Waals surface area contributed by atoms with Crippen molar-refractivity contribution in [2.75, 3.05) is 0 Å². The van der Waals surface area contributed by atoms with Crippen molar-refractivity contribution in [3.05, 3.63) is 0 Å². The van der Waals surface area contributed by atoms with E-state index in [1.54, 1.807) is 0 Å². The first-order chi connectivity index (χ1) is 12.3. The van der Waals surface area contributed by atoms with Crippen molar-refractivity contribution in [2.24, 2.45) is 0 Å². The molecule has 0 saturated heterocycles. The van der Waals surface area contributed by atoms with Gasteiger partial charge in [-0.15, -0.1) is 0 Å². The molecular formula is C8F16O4Si. The van der Waals surface area contributed by atoms with Gasteiger partial charge in [0.1, 0.15) is 0 Å². The average Bonchev–Trinajstić information content (AvgIpc) is 2.40. The Hall–Kier alpha value is -1.96. The van der Waals surface area contributed by atoms with Gasteiger partial charge in [-0.3, -0.25) is 0 Å². The molecule has 0 aromatic heterocycles. The van der Waals surface area contributed by atoms with Crippen molar-refractivity contribution in [3.63, 3.8) is 0 Å². The summed E-state index contributed by atoms with van der Waals surface area (Å²) in [6.07, 6.45) is -21.4. The lowest BCUT2D eigenvalue weighted by atomic mass is 10.3. The molecule has 4 nitrogen and oxygen atoms in total. The van der Waals surface area contributed by atoms with Gasteiger partial charge in [0.05, 0.1) is 0 Å². The molecule has 0 aromatic carbocycles. The molecule has 0 spiro atoms. The van der Waals surface area contributed by atoms with E-state index < -0.39 is 56.3 Å². The summed E-state index contributed by atoms with van der Waals surface area (Å²) in [6.45, 7) is 0. The molecule has 0 fully saturated rings. The van der Waals surface area contributed by atoms with Gasteiger partial charge in [0.2, 0.25) is 0 Å². The van der Waals surface area contributed by atoms with E-state index in [9.17, 15) is 79.8 Å². The molecule has 0 heterocycles. The first-order valence-corrected chi connectivity index (χ1v) is 7.56. The summed E-state index contributed by atoms with van der Waals surface area (Å²) >= 11 is 0. The van der Waals surface area contributed by atoms with Gasteiger partial charge in [0.15, 0.2) is 0 Å². The van der Waals surface area contributed by atoms with Crippen LogP contribution in [0.4, 0.5) is 70.2 Å². The van der Waals surface area contributed by atoms with Crippen molar-refractivity contribution >= 4 is 20.5 Å². The van der Waals surface area contributed by atoms with Crippen LogP contribution in [0.2, 0.25) is 0 Å². The summed E-state index contributed by atoms with van der Waals surface area (Å²) in [5, 5.41) is 0. The van der Waals surface area contributed by atoms with E-state index in [-0.39, 0.29) is 0 Å². The molecule has 0 rings (SSSR count). The van der Waals surface area contributed by atoms with Crippen molar-refractivity contribution < 1.29 is 88.7 Å². The highest BCUT2D eigenvalue weighted by atomic mass is 28.4. The fourth-order valence-corrected chi connectivity index (χ4v) is 3.40. The highest BCUT2D eigenvalue weighted by molar-refractivity contribution is 6.75. The molecule has 0 saturated carbocycles. The van der Waals surface area contributed by atoms with Gasteiger partial charge in [-0.05, 0) is 0 Å².